The van der Waals surface area contributed by atoms with Crippen LogP contribution in [0, 0.1) is 6.92 Å². The summed E-state index contributed by atoms with van der Waals surface area (Å²) in [5, 5.41) is 7.89. The molecule has 0 aromatic carbocycles. The summed E-state index contributed by atoms with van der Waals surface area (Å²) in [6.45, 7) is 7.96. The second-order valence-electron chi connectivity index (χ2n) is 7.03. The highest BCUT2D eigenvalue weighted by atomic mass is 19.4. The lowest BCUT2D eigenvalue weighted by molar-refractivity contribution is -0.141. The van der Waals surface area contributed by atoms with E-state index in [9.17, 15) is 22.8 Å². The number of pyridine rings is 1. The molecule has 158 valence electrons. The van der Waals surface area contributed by atoms with E-state index in [1.54, 1.807) is 27.7 Å². The maximum Gasteiger partial charge on any atom is 0.433 e. The van der Waals surface area contributed by atoms with Crippen molar-refractivity contribution >= 4 is 17.9 Å². The van der Waals surface area contributed by atoms with Crippen LogP contribution in [0.2, 0.25) is 0 Å². The summed E-state index contributed by atoms with van der Waals surface area (Å²) in [6, 6.07) is 2.97. The summed E-state index contributed by atoms with van der Waals surface area (Å²) >= 11 is 0. The van der Waals surface area contributed by atoms with Crippen LogP contribution < -0.4 is 5.32 Å². The molecular weight excluding hydrogens is 393 g/mol. The fourth-order valence-corrected chi connectivity index (χ4v) is 2.37. The molecule has 0 saturated heterocycles. The topological polar surface area (TPSA) is 106 Å². The van der Waals surface area contributed by atoms with E-state index >= 15 is 0 Å². The number of esters is 1. The Morgan fingerprint density at radius 2 is 1.83 bits per heavy atom. The number of amides is 1. The monoisotopic (exact) mass is 414 g/mol. The quantitative estimate of drug-likeness (QED) is 0.722. The molecular formula is C18H21F3N4O4. The highest BCUT2D eigenvalue weighted by Gasteiger charge is 2.41. The van der Waals surface area contributed by atoms with E-state index < -0.39 is 35.1 Å². The minimum absolute atomic E-state index is 0.0196. The van der Waals surface area contributed by atoms with Gasteiger partial charge in [0.25, 0.3) is 0 Å². The molecule has 2 heterocycles. The van der Waals surface area contributed by atoms with Gasteiger partial charge in [0.1, 0.15) is 22.7 Å². The normalized spacial score (nSPS) is 11.9. The molecule has 2 N–H and O–H groups in total. The Bertz CT molecular complexity index is 917. The summed E-state index contributed by atoms with van der Waals surface area (Å²) in [5.41, 5.74) is -2.78. The Balaban J connectivity index is 2.50. The molecule has 0 aliphatic carbocycles. The number of carbonyl (C=O) groups excluding carboxylic acids is 2. The number of anilines is 1. The van der Waals surface area contributed by atoms with Gasteiger partial charge in [-0.05, 0) is 46.2 Å². The van der Waals surface area contributed by atoms with Crippen LogP contribution in [0.4, 0.5) is 23.8 Å². The van der Waals surface area contributed by atoms with E-state index in [0.29, 0.717) is 5.56 Å². The zero-order chi connectivity index (χ0) is 22.0. The van der Waals surface area contributed by atoms with Gasteiger partial charge in [-0.3, -0.25) is 10.4 Å². The highest BCUT2D eigenvalue weighted by Crippen LogP contribution is 2.36. The SMILES string of the molecule is CCOC(=O)c1c(-c2nc(NC(=O)OC(C)(C)C)ccc2C)n[nH]c1C(F)(F)F. The molecule has 0 fully saturated rings. The Kier molecular flexibility index (Phi) is 6.19. The largest absolute Gasteiger partial charge is 0.462 e. The molecule has 0 aliphatic rings. The van der Waals surface area contributed by atoms with Crippen molar-refractivity contribution in [2.45, 2.75) is 46.4 Å². The van der Waals surface area contributed by atoms with Crippen molar-refractivity contribution in [2.75, 3.05) is 11.9 Å². The number of ether oxygens (including phenoxy) is 2. The number of aromatic nitrogens is 3. The van der Waals surface area contributed by atoms with Crippen LogP contribution >= 0.6 is 0 Å². The Morgan fingerprint density at radius 1 is 1.17 bits per heavy atom. The van der Waals surface area contributed by atoms with Gasteiger partial charge >= 0.3 is 18.2 Å². The number of rotatable bonds is 4. The predicted octanol–water partition coefficient (Wildman–Crippen LogP) is 4.32. The third kappa shape index (κ3) is 5.46. The van der Waals surface area contributed by atoms with E-state index in [-0.39, 0.29) is 23.8 Å². The lowest BCUT2D eigenvalue weighted by Crippen LogP contribution is -2.27. The highest BCUT2D eigenvalue weighted by molar-refractivity contribution is 5.97. The van der Waals surface area contributed by atoms with Gasteiger partial charge in [0.15, 0.2) is 5.69 Å². The van der Waals surface area contributed by atoms with Crippen molar-refractivity contribution in [3.8, 4) is 11.4 Å². The van der Waals surface area contributed by atoms with Crippen LogP contribution in [-0.2, 0) is 15.7 Å². The molecule has 2 rings (SSSR count). The summed E-state index contributed by atoms with van der Waals surface area (Å²) in [4.78, 5) is 28.3. The molecule has 0 aliphatic heterocycles. The van der Waals surface area contributed by atoms with E-state index in [4.69, 9.17) is 9.47 Å². The summed E-state index contributed by atoms with van der Waals surface area (Å²) in [5.74, 6) is -1.17. The fraction of sp³-hybridized carbons (Fsp3) is 0.444. The first kappa shape index (κ1) is 22.2. The van der Waals surface area contributed by atoms with Crippen LogP contribution in [0.3, 0.4) is 0 Å². The lowest BCUT2D eigenvalue weighted by atomic mass is 10.1. The molecule has 0 unspecified atom stereocenters. The van der Waals surface area contributed by atoms with Crippen molar-refractivity contribution in [1.29, 1.82) is 0 Å². The zero-order valence-electron chi connectivity index (χ0n) is 16.5. The number of hydrogen-bond acceptors (Lipinski definition) is 6. The number of hydrogen-bond donors (Lipinski definition) is 2. The van der Waals surface area contributed by atoms with Crippen LogP contribution in [-0.4, -0.2) is 39.5 Å². The van der Waals surface area contributed by atoms with E-state index in [1.807, 2.05) is 5.10 Å². The van der Waals surface area contributed by atoms with Crippen LogP contribution in [0.5, 0.6) is 0 Å². The van der Waals surface area contributed by atoms with Gasteiger partial charge in [-0.2, -0.15) is 18.3 Å². The molecule has 2 aromatic rings. The Morgan fingerprint density at radius 3 is 2.38 bits per heavy atom. The molecule has 0 spiro atoms. The van der Waals surface area contributed by atoms with Crippen LogP contribution in [0.1, 0.15) is 49.3 Å². The van der Waals surface area contributed by atoms with E-state index in [0.717, 1.165) is 0 Å². The van der Waals surface area contributed by atoms with Gasteiger partial charge in [-0.1, -0.05) is 6.07 Å². The molecule has 8 nitrogen and oxygen atoms in total. The molecule has 1 amide bonds. The fourth-order valence-electron chi connectivity index (χ4n) is 2.37. The van der Waals surface area contributed by atoms with Gasteiger partial charge in [0, 0.05) is 0 Å². The second kappa shape index (κ2) is 8.10. The number of aromatic amines is 1. The minimum atomic E-state index is -4.85. The van der Waals surface area contributed by atoms with Gasteiger partial charge < -0.3 is 9.47 Å². The predicted molar refractivity (Wildman–Crippen MR) is 97.4 cm³/mol. The number of aryl methyl sites for hydroxylation is 1. The van der Waals surface area contributed by atoms with Crippen LogP contribution in [0.15, 0.2) is 12.1 Å². The third-order valence-electron chi connectivity index (χ3n) is 3.48. The maximum atomic E-state index is 13.3. The first-order chi connectivity index (χ1) is 13.3. The number of H-pyrrole nitrogens is 1. The number of alkyl halides is 3. The van der Waals surface area contributed by atoms with Gasteiger partial charge in [0.05, 0.1) is 12.3 Å². The van der Waals surface area contributed by atoms with Crippen molar-refractivity contribution in [2.24, 2.45) is 0 Å². The van der Waals surface area contributed by atoms with Crippen molar-refractivity contribution in [3.63, 3.8) is 0 Å². The first-order valence-corrected chi connectivity index (χ1v) is 8.64. The molecule has 0 atom stereocenters. The van der Waals surface area contributed by atoms with Gasteiger partial charge in [-0.15, -0.1) is 0 Å². The lowest BCUT2D eigenvalue weighted by Gasteiger charge is -2.19. The number of nitrogens with zero attached hydrogens (tertiary/aromatic N) is 2. The molecule has 0 saturated carbocycles. The summed E-state index contributed by atoms with van der Waals surface area (Å²) in [7, 11) is 0. The molecule has 2 aromatic heterocycles. The van der Waals surface area contributed by atoms with Gasteiger partial charge in [0.2, 0.25) is 0 Å². The van der Waals surface area contributed by atoms with Gasteiger partial charge in [-0.25, -0.2) is 14.6 Å². The molecule has 0 bridgehead atoms. The smallest absolute Gasteiger partial charge is 0.433 e. The summed E-state index contributed by atoms with van der Waals surface area (Å²) in [6.07, 6.45) is -5.64. The first-order valence-electron chi connectivity index (χ1n) is 8.64. The number of carbonyl (C=O) groups is 2. The van der Waals surface area contributed by atoms with Crippen molar-refractivity contribution in [1.82, 2.24) is 15.2 Å². The average molecular weight is 414 g/mol. The third-order valence-corrected chi connectivity index (χ3v) is 3.48. The number of halogens is 3. The van der Waals surface area contributed by atoms with E-state index in [2.05, 4.69) is 15.4 Å². The molecule has 11 heteroatoms. The summed E-state index contributed by atoms with van der Waals surface area (Å²) < 4.78 is 49.8. The van der Waals surface area contributed by atoms with E-state index in [1.165, 1.54) is 19.1 Å². The minimum Gasteiger partial charge on any atom is -0.462 e. The molecule has 29 heavy (non-hydrogen) atoms. The Labute approximate surface area is 164 Å². The average Bonchev–Trinajstić information content (AvgIpc) is 3.00. The molecule has 0 radical (unpaired) electrons. The van der Waals surface area contributed by atoms with Crippen LogP contribution in [0.25, 0.3) is 11.4 Å². The van der Waals surface area contributed by atoms with Crippen molar-refractivity contribution in [3.05, 3.63) is 29.0 Å². The van der Waals surface area contributed by atoms with Crippen molar-refractivity contribution < 1.29 is 32.2 Å². The number of nitrogens with one attached hydrogen (secondary N) is 2. The Hall–Kier alpha value is -3.11. The standard InChI is InChI=1S/C18H21F3N4O4/c1-6-28-15(26)11-13(24-25-14(11)18(19,20)21)12-9(2)7-8-10(22-12)23-16(27)29-17(3,4)5/h7-8H,6H2,1-5H3,(H,24,25)(H,22,23,27). The zero-order valence-corrected chi connectivity index (χ0v) is 16.5. The second-order valence-corrected chi connectivity index (χ2v) is 7.03. The maximum absolute atomic E-state index is 13.3.